The van der Waals surface area contributed by atoms with Crippen LogP contribution in [0.1, 0.15) is 31.9 Å². The number of benzene rings is 1. The zero-order valence-corrected chi connectivity index (χ0v) is 12.9. The highest BCUT2D eigenvalue weighted by Crippen LogP contribution is 2.37. The van der Waals surface area contributed by atoms with E-state index in [-0.39, 0.29) is 18.7 Å². The largest absolute Gasteiger partial charge is 0.444 e. The minimum Gasteiger partial charge on any atom is -0.444 e. The first-order chi connectivity index (χ1) is 10.3. The number of nitrogens with zero attached hydrogens (tertiary/aromatic N) is 1. The van der Waals surface area contributed by atoms with Gasteiger partial charge in [-0.25, -0.2) is 9.18 Å². The van der Waals surface area contributed by atoms with Crippen LogP contribution in [0.2, 0.25) is 0 Å². The molecule has 0 aromatic heterocycles. The van der Waals surface area contributed by atoms with Gasteiger partial charge in [-0.3, -0.25) is 0 Å². The standard InChI is InChI=1S/C15H17F4NO3/c1-13(2,3)23-12(21)20-7-14(22,8-20)9-4-5-11(16)10(6-9)15(17,18)19/h4-6,22H,7-8H2,1-3H3. The number of carbonyl (C=O) groups excluding carboxylic acids is 1. The van der Waals surface area contributed by atoms with Gasteiger partial charge in [-0.15, -0.1) is 0 Å². The van der Waals surface area contributed by atoms with Crippen molar-refractivity contribution in [1.82, 2.24) is 4.90 Å². The Morgan fingerprint density at radius 1 is 1.26 bits per heavy atom. The first-order valence-electron chi connectivity index (χ1n) is 6.89. The van der Waals surface area contributed by atoms with Crippen LogP contribution >= 0.6 is 0 Å². The summed E-state index contributed by atoms with van der Waals surface area (Å²) in [5.41, 5.74) is -3.90. The Morgan fingerprint density at radius 3 is 2.30 bits per heavy atom. The van der Waals surface area contributed by atoms with Crippen LogP contribution in [0.5, 0.6) is 0 Å². The fraction of sp³-hybridized carbons (Fsp3) is 0.533. The molecule has 1 fully saturated rings. The third-order valence-electron chi connectivity index (χ3n) is 3.37. The molecular formula is C15H17F4NO3. The van der Waals surface area contributed by atoms with E-state index < -0.39 is 34.9 Å². The SMILES string of the molecule is CC(C)(C)OC(=O)N1CC(O)(c2ccc(F)c(C(F)(F)F)c2)C1. The quantitative estimate of drug-likeness (QED) is 0.801. The minimum atomic E-state index is -4.86. The van der Waals surface area contributed by atoms with Crippen LogP contribution in [0.3, 0.4) is 0 Å². The van der Waals surface area contributed by atoms with Crippen molar-refractivity contribution >= 4 is 6.09 Å². The van der Waals surface area contributed by atoms with E-state index in [4.69, 9.17) is 4.74 Å². The highest BCUT2D eigenvalue weighted by molar-refractivity contribution is 5.70. The number of aliphatic hydroxyl groups is 1. The van der Waals surface area contributed by atoms with Gasteiger partial charge in [0.15, 0.2) is 0 Å². The second kappa shape index (κ2) is 5.36. The number of halogens is 4. The Kier molecular flexibility index (Phi) is 4.09. The summed E-state index contributed by atoms with van der Waals surface area (Å²) in [5, 5.41) is 10.3. The molecule has 0 radical (unpaired) electrons. The lowest BCUT2D eigenvalue weighted by atomic mass is 9.85. The van der Waals surface area contributed by atoms with Gasteiger partial charge in [0, 0.05) is 0 Å². The number of rotatable bonds is 1. The molecule has 4 nitrogen and oxygen atoms in total. The molecule has 2 rings (SSSR count). The van der Waals surface area contributed by atoms with Crippen molar-refractivity contribution in [2.45, 2.75) is 38.1 Å². The van der Waals surface area contributed by atoms with Gasteiger partial charge >= 0.3 is 12.3 Å². The van der Waals surface area contributed by atoms with Gasteiger partial charge < -0.3 is 14.7 Å². The van der Waals surface area contributed by atoms with Gasteiger partial charge in [-0.2, -0.15) is 13.2 Å². The Hall–Kier alpha value is -1.83. The lowest BCUT2D eigenvalue weighted by Gasteiger charge is -2.46. The van der Waals surface area contributed by atoms with Crippen molar-refractivity contribution in [3.8, 4) is 0 Å². The van der Waals surface area contributed by atoms with Crippen LogP contribution in [0.15, 0.2) is 18.2 Å². The average molecular weight is 335 g/mol. The Bertz CT molecular complexity index is 616. The third kappa shape index (κ3) is 3.74. The Balaban J connectivity index is 2.14. The summed E-state index contributed by atoms with van der Waals surface area (Å²) < 4.78 is 56.6. The van der Waals surface area contributed by atoms with Crippen LogP contribution in [-0.4, -0.2) is 34.8 Å². The number of ether oxygens (including phenoxy) is 1. The summed E-state index contributed by atoms with van der Waals surface area (Å²) in [6.45, 7) is 4.58. The molecule has 1 heterocycles. The van der Waals surface area contributed by atoms with Crippen molar-refractivity contribution < 1.29 is 32.2 Å². The molecule has 0 atom stereocenters. The van der Waals surface area contributed by atoms with Crippen LogP contribution in [0, 0.1) is 5.82 Å². The lowest BCUT2D eigenvalue weighted by molar-refractivity contribution is -0.140. The first-order valence-corrected chi connectivity index (χ1v) is 6.89. The minimum absolute atomic E-state index is 0.0916. The van der Waals surface area contributed by atoms with E-state index in [9.17, 15) is 27.5 Å². The Morgan fingerprint density at radius 2 is 1.83 bits per heavy atom. The monoisotopic (exact) mass is 335 g/mol. The molecule has 1 aliphatic rings. The van der Waals surface area contributed by atoms with Crippen molar-refractivity contribution in [2.75, 3.05) is 13.1 Å². The lowest BCUT2D eigenvalue weighted by Crippen LogP contribution is -2.62. The van der Waals surface area contributed by atoms with E-state index in [1.807, 2.05) is 0 Å². The highest BCUT2D eigenvalue weighted by Gasteiger charge is 2.47. The van der Waals surface area contributed by atoms with Crippen LogP contribution < -0.4 is 0 Å². The summed E-state index contributed by atoms with van der Waals surface area (Å²) in [5.74, 6) is -1.41. The molecule has 0 unspecified atom stereocenters. The van der Waals surface area contributed by atoms with Gasteiger partial charge in [0.25, 0.3) is 0 Å². The molecule has 0 aliphatic carbocycles. The predicted molar refractivity (Wildman–Crippen MR) is 73.1 cm³/mol. The van der Waals surface area contributed by atoms with Crippen LogP contribution in [0.25, 0.3) is 0 Å². The van der Waals surface area contributed by atoms with Crippen molar-refractivity contribution in [3.63, 3.8) is 0 Å². The number of hydrogen-bond acceptors (Lipinski definition) is 3. The van der Waals surface area contributed by atoms with E-state index in [1.54, 1.807) is 20.8 Å². The number of amides is 1. The number of alkyl halides is 3. The molecule has 0 bridgehead atoms. The molecule has 1 N–H and O–H groups in total. The molecule has 0 spiro atoms. The topological polar surface area (TPSA) is 49.8 Å². The maximum absolute atomic E-state index is 13.3. The third-order valence-corrected chi connectivity index (χ3v) is 3.37. The number of β-amino-alcohol motifs (C(OH)–C–C–N with tert-alkyl or cyclic N) is 1. The smallest absolute Gasteiger partial charge is 0.419 e. The van der Waals surface area contributed by atoms with E-state index in [0.29, 0.717) is 12.1 Å². The molecule has 128 valence electrons. The zero-order valence-electron chi connectivity index (χ0n) is 12.9. The molecule has 23 heavy (non-hydrogen) atoms. The normalized spacial score (nSPS) is 17.7. The molecule has 1 saturated heterocycles. The first kappa shape index (κ1) is 17.5. The van der Waals surface area contributed by atoms with E-state index in [1.165, 1.54) is 4.90 Å². The molecule has 1 aromatic rings. The zero-order chi connectivity index (χ0) is 17.6. The summed E-state index contributed by atoms with van der Waals surface area (Å²) in [4.78, 5) is 13.0. The second-order valence-electron chi connectivity index (χ2n) is 6.56. The van der Waals surface area contributed by atoms with E-state index >= 15 is 0 Å². The Labute approximate surface area is 130 Å². The number of likely N-dealkylation sites (tertiary alicyclic amines) is 1. The summed E-state index contributed by atoms with van der Waals surface area (Å²) in [7, 11) is 0. The van der Waals surface area contributed by atoms with Crippen molar-refractivity contribution in [3.05, 3.63) is 35.1 Å². The average Bonchev–Trinajstić information content (AvgIpc) is 2.31. The van der Waals surface area contributed by atoms with Crippen LogP contribution in [0.4, 0.5) is 22.4 Å². The second-order valence-corrected chi connectivity index (χ2v) is 6.56. The summed E-state index contributed by atoms with van der Waals surface area (Å²) in [6.07, 6.45) is -5.52. The van der Waals surface area contributed by atoms with Gasteiger partial charge in [0.05, 0.1) is 18.7 Å². The van der Waals surface area contributed by atoms with Gasteiger partial charge in [-0.05, 0) is 38.5 Å². The maximum atomic E-state index is 13.3. The fourth-order valence-corrected chi connectivity index (χ4v) is 2.26. The molecule has 1 aromatic carbocycles. The van der Waals surface area contributed by atoms with E-state index in [0.717, 1.165) is 6.07 Å². The summed E-state index contributed by atoms with van der Waals surface area (Å²) in [6, 6.07) is 2.31. The predicted octanol–water partition coefficient (Wildman–Crippen LogP) is 3.28. The number of hydrogen-bond donors (Lipinski definition) is 1. The molecule has 1 aliphatic heterocycles. The van der Waals surface area contributed by atoms with Gasteiger partial charge in [0.1, 0.15) is 17.0 Å². The molecule has 8 heteroatoms. The van der Waals surface area contributed by atoms with Crippen molar-refractivity contribution in [1.29, 1.82) is 0 Å². The number of carbonyl (C=O) groups is 1. The van der Waals surface area contributed by atoms with Crippen LogP contribution in [-0.2, 0) is 16.5 Å². The van der Waals surface area contributed by atoms with Gasteiger partial charge in [0.2, 0.25) is 0 Å². The maximum Gasteiger partial charge on any atom is 0.419 e. The van der Waals surface area contributed by atoms with E-state index in [2.05, 4.69) is 0 Å². The molecule has 1 amide bonds. The van der Waals surface area contributed by atoms with Gasteiger partial charge in [-0.1, -0.05) is 6.07 Å². The van der Waals surface area contributed by atoms with Crippen molar-refractivity contribution in [2.24, 2.45) is 0 Å². The fourth-order valence-electron chi connectivity index (χ4n) is 2.26. The molecule has 0 saturated carbocycles. The highest BCUT2D eigenvalue weighted by atomic mass is 19.4. The molecular weight excluding hydrogens is 318 g/mol. The summed E-state index contributed by atoms with van der Waals surface area (Å²) >= 11 is 0.